The number of aryl methyl sites for hydroxylation is 1. The molecule has 8 heteroatoms. The second kappa shape index (κ2) is 7.58. The Morgan fingerprint density at radius 2 is 1.77 bits per heavy atom. The highest BCUT2D eigenvalue weighted by atomic mass is 35.5. The molecule has 2 heterocycles. The van der Waals surface area contributed by atoms with Gasteiger partial charge in [-0.05, 0) is 48.9 Å². The molecule has 0 saturated carbocycles. The Bertz CT molecular complexity index is 1310. The van der Waals surface area contributed by atoms with Crippen LogP contribution in [0.25, 0.3) is 27.8 Å². The maximum absolute atomic E-state index is 9.82. The second-order valence-corrected chi connectivity index (χ2v) is 7.04. The van der Waals surface area contributed by atoms with E-state index in [0.717, 1.165) is 16.6 Å². The second-order valence-electron chi connectivity index (χ2n) is 6.60. The number of nitrogen functional groups attached to an aromatic ring is 1. The highest BCUT2D eigenvalue weighted by molar-refractivity contribution is 6.30. The Morgan fingerprint density at radius 1 is 1.07 bits per heavy atom. The number of nitrogens with zero attached hydrogens (tertiary/aromatic N) is 4. The van der Waals surface area contributed by atoms with Gasteiger partial charge in [-0.25, -0.2) is 9.67 Å². The van der Waals surface area contributed by atoms with Crippen LogP contribution >= 0.6 is 11.6 Å². The van der Waals surface area contributed by atoms with E-state index in [1.165, 1.54) is 0 Å². The average molecular weight is 420 g/mol. The van der Waals surface area contributed by atoms with Gasteiger partial charge in [-0.3, -0.25) is 0 Å². The molecule has 0 bridgehead atoms. The molecule has 0 fully saturated rings. The number of aromatic nitrogens is 3. The summed E-state index contributed by atoms with van der Waals surface area (Å²) in [6.07, 6.45) is 0. The molecule has 2 N–H and O–H groups in total. The number of hydrogen-bond donors (Lipinski definition) is 1. The van der Waals surface area contributed by atoms with Crippen LogP contribution in [0.2, 0.25) is 5.02 Å². The maximum atomic E-state index is 9.82. The van der Waals surface area contributed by atoms with Crippen LogP contribution in [-0.2, 0) is 0 Å². The van der Waals surface area contributed by atoms with Crippen molar-refractivity contribution in [2.45, 2.75) is 6.92 Å². The van der Waals surface area contributed by atoms with Gasteiger partial charge >= 0.3 is 0 Å². The van der Waals surface area contributed by atoms with Crippen LogP contribution in [0.3, 0.4) is 0 Å². The number of hydrogen-bond acceptors (Lipinski definition) is 6. The molecule has 150 valence electrons. The van der Waals surface area contributed by atoms with E-state index in [1.807, 2.05) is 31.2 Å². The minimum atomic E-state index is 0.130. The Balaban J connectivity index is 2.07. The largest absolute Gasteiger partial charge is 0.493 e. The third-order valence-corrected chi connectivity index (χ3v) is 5.13. The quantitative estimate of drug-likeness (QED) is 0.522. The Labute approximate surface area is 178 Å². The number of methoxy groups -OCH3 is 2. The van der Waals surface area contributed by atoms with Gasteiger partial charge in [0.2, 0.25) is 0 Å². The number of ether oxygens (including phenoxy) is 2. The molecule has 0 saturated heterocycles. The predicted molar refractivity (Wildman–Crippen MR) is 116 cm³/mol. The first-order chi connectivity index (χ1) is 14.5. The number of nitrogens with two attached hydrogens (primary N) is 1. The molecule has 30 heavy (non-hydrogen) atoms. The molecule has 0 aliphatic rings. The van der Waals surface area contributed by atoms with Crippen LogP contribution in [0.5, 0.6) is 11.5 Å². The number of rotatable bonds is 4. The predicted octanol–water partition coefficient (Wildman–Crippen LogP) is 4.52. The van der Waals surface area contributed by atoms with Crippen LogP contribution in [0.15, 0.2) is 42.5 Å². The normalized spacial score (nSPS) is 10.8. The Kier molecular flexibility index (Phi) is 4.94. The van der Waals surface area contributed by atoms with Gasteiger partial charge in [0, 0.05) is 10.6 Å². The van der Waals surface area contributed by atoms with Crippen LogP contribution in [0.4, 0.5) is 5.82 Å². The number of benzene rings is 2. The topological polar surface area (TPSA) is 99.0 Å². The number of nitriles is 1. The van der Waals surface area contributed by atoms with Crippen molar-refractivity contribution in [2.75, 3.05) is 20.0 Å². The van der Waals surface area contributed by atoms with E-state index >= 15 is 0 Å². The van der Waals surface area contributed by atoms with Crippen molar-refractivity contribution in [1.29, 1.82) is 5.26 Å². The molecule has 0 aliphatic carbocycles. The fourth-order valence-electron chi connectivity index (χ4n) is 3.49. The molecule has 0 amide bonds. The SMILES string of the molecule is COc1ccc(-c2c(C#N)c(N)nc3c2c(C)nn3-c2ccc(Cl)cc2)cc1OC. The molecule has 0 spiro atoms. The monoisotopic (exact) mass is 419 g/mol. The molecule has 0 unspecified atom stereocenters. The van der Waals surface area contributed by atoms with E-state index in [1.54, 1.807) is 37.1 Å². The lowest BCUT2D eigenvalue weighted by molar-refractivity contribution is 0.355. The zero-order valence-electron chi connectivity index (χ0n) is 16.6. The Hall–Kier alpha value is -3.76. The van der Waals surface area contributed by atoms with E-state index in [9.17, 15) is 5.26 Å². The number of pyridine rings is 1. The zero-order valence-corrected chi connectivity index (χ0v) is 17.4. The summed E-state index contributed by atoms with van der Waals surface area (Å²) in [5, 5.41) is 15.8. The first-order valence-electron chi connectivity index (χ1n) is 9.05. The van der Waals surface area contributed by atoms with Gasteiger partial charge in [0.15, 0.2) is 17.1 Å². The average Bonchev–Trinajstić information content (AvgIpc) is 3.08. The van der Waals surface area contributed by atoms with Crippen molar-refractivity contribution in [2.24, 2.45) is 0 Å². The van der Waals surface area contributed by atoms with E-state index in [0.29, 0.717) is 33.4 Å². The van der Waals surface area contributed by atoms with Gasteiger partial charge in [-0.15, -0.1) is 0 Å². The lowest BCUT2D eigenvalue weighted by Crippen LogP contribution is -2.03. The van der Waals surface area contributed by atoms with Crippen molar-refractivity contribution < 1.29 is 9.47 Å². The summed E-state index contributed by atoms with van der Waals surface area (Å²) in [4.78, 5) is 4.50. The highest BCUT2D eigenvalue weighted by Gasteiger charge is 2.22. The number of fused-ring (bicyclic) bond motifs is 1. The molecular formula is C22H18ClN5O2. The third kappa shape index (κ3) is 3.08. The van der Waals surface area contributed by atoms with E-state index in [-0.39, 0.29) is 11.4 Å². The van der Waals surface area contributed by atoms with Gasteiger partial charge < -0.3 is 15.2 Å². The fraction of sp³-hybridized carbons (Fsp3) is 0.136. The summed E-state index contributed by atoms with van der Waals surface area (Å²) in [5.41, 5.74) is 9.93. The summed E-state index contributed by atoms with van der Waals surface area (Å²) in [7, 11) is 3.13. The smallest absolute Gasteiger partial charge is 0.166 e. The van der Waals surface area contributed by atoms with Gasteiger partial charge in [0.25, 0.3) is 0 Å². The molecule has 0 atom stereocenters. The van der Waals surface area contributed by atoms with Crippen LogP contribution < -0.4 is 15.2 Å². The first kappa shape index (κ1) is 19.6. The van der Waals surface area contributed by atoms with E-state index in [4.69, 9.17) is 26.8 Å². The summed E-state index contributed by atoms with van der Waals surface area (Å²) >= 11 is 6.02. The molecule has 2 aromatic carbocycles. The van der Waals surface area contributed by atoms with Crippen molar-refractivity contribution in [3.8, 4) is 34.4 Å². The lowest BCUT2D eigenvalue weighted by atomic mass is 9.96. The van der Waals surface area contributed by atoms with Gasteiger partial charge in [0.1, 0.15) is 17.5 Å². The minimum Gasteiger partial charge on any atom is -0.493 e. The van der Waals surface area contributed by atoms with Crippen LogP contribution in [0, 0.1) is 18.3 Å². The molecule has 7 nitrogen and oxygen atoms in total. The van der Waals surface area contributed by atoms with Gasteiger partial charge in [0.05, 0.1) is 31.0 Å². The summed E-state index contributed by atoms with van der Waals surface area (Å²) in [6.45, 7) is 1.87. The van der Waals surface area contributed by atoms with E-state index < -0.39 is 0 Å². The summed E-state index contributed by atoms with van der Waals surface area (Å²) in [5.74, 6) is 1.27. The molecular weight excluding hydrogens is 402 g/mol. The van der Waals surface area contributed by atoms with Crippen molar-refractivity contribution >= 4 is 28.5 Å². The molecule has 4 aromatic rings. The third-order valence-electron chi connectivity index (χ3n) is 4.87. The van der Waals surface area contributed by atoms with Crippen LogP contribution in [0.1, 0.15) is 11.3 Å². The van der Waals surface area contributed by atoms with Crippen molar-refractivity contribution in [1.82, 2.24) is 14.8 Å². The zero-order chi connectivity index (χ0) is 21.4. The molecule has 0 radical (unpaired) electrons. The van der Waals surface area contributed by atoms with Crippen molar-refractivity contribution in [3.05, 3.63) is 58.7 Å². The van der Waals surface area contributed by atoms with E-state index in [2.05, 4.69) is 16.2 Å². The Morgan fingerprint density at radius 3 is 2.40 bits per heavy atom. The fourth-order valence-corrected chi connectivity index (χ4v) is 3.62. The molecule has 4 rings (SSSR count). The van der Waals surface area contributed by atoms with Crippen molar-refractivity contribution in [3.63, 3.8) is 0 Å². The van der Waals surface area contributed by atoms with Crippen LogP contribution in [-0.4, -0.2) is 29.0 Å². The molecule has 2 aromatic heterocycles. The summed E-state index contributed by atoms with van der Waals surface area (Å²) in [6, 6.07) is 14.9. The standard InChI is InChI=1S/C22H18ClN5O2/c1-12-19-20(13-4-9-17(29-2)18(10-13)30-3)16(11-24)21(25)26-22(19)28(27-12)15-7-5-14(23)6-8-15/h4-10H,1-3H3,(H2,25,26). The maximum Gasteiger partial charge on any atom is 0.166 e. The number of halogens is 1. The highest BCUT2D eigenvalue weighted by Crippen LogP contribution is 2.40. The van der Waals surface area contributed by atoms with Gasteiger partial charge in [-0.1, -0.05) is 17.7 Å². The number of anilines is 1. The molecule has 0 aliphatic heterocycles. The lowest BCUT2D eigenvalue weighted by Gasteiger charge is -2.13. The minimum absolute atomic E-state index is 0.130. The summed E-state index contributed by atoms with van der Waals surface area (Å²) < 4.78 is 12.5. The van der Waals surface area contributed by atoms with Gasteiger partial charge in [-0.2, -0.15) is 10.4 Å². The first-order valence-corrected chi connectivity index (χ1v) is 9.43.